The van der Waals surface area contributed by atoms with E-state index in [4.69, 9.17) is 0 Å². The van der Waals surface area contributed by atoms with E-state index >= 15 is 0 Å². The van der Waals surface area contributed by atoms with Crippen LogP contribution in [0.1, 0.15) is 34.6 Å². The normalized spacial score (nSPS) is 11.7. The van der Waals surface area contributed by atoms with Crippen molar-refractivity contribution < 1.29 is 19.8 Å². The molecule has 0 atom stereocenters. The van der Waals surface area contributed by atoms with Crippen molar-refractivity contribution in [1.29, 1.82) is 0 Å². The van der Waals surface area contributed by atoms with Gasteiger partial charge in [-0.2, -0.15) is 0 Å². The second-order valence-electron chi connectivity index (χ2n) is 9.03. The molecule has 0 amide bonds. The third kappa shape index (κ3) is 3.11. The van der Waals surface area contributed by atoms with E-state index in [-0.39, 0.29) is 11.1 Å². The van der Waals surface area contributed by atoms with Crippen LogP contribution in [-0.2, 0) is 13.1 Å². The van der Waals surface area contributed by atoms with E-state index in [0.29, 0.717) is 0 Å². The molecule has 6 rings (SSSR count). The lowest BCUT2D eigenvalue weighted by Crippen LogP contribution is -1.96. The minimum atomic E-state index is -0.941. The molecule has 0 saturated carbocycles. The van der Waals surface area contributed by atoms with Crippen molar-refractivity contribution in [2.45, 2.75) is 26.9 Å². The first-order chi connectivity index (χ1) is 17.4. The summed E-state index contributed by atoms with van der Waals surface area (Å²) >= 11 is 0. The van der Waals surface area contributed by atoms with Gasteiger partial charge in [0.05, 0.1) is 11.1 Å². The fourth-order valence-corrected chi connectivity index (χ4v) is 5.51. The van der Waals surface area contributed by atoms with Gasteiger partial charge in [0.15, 0.2) is 0 Å². The minimum Gasteiger partial charge on any atom is -0.478 e. The zero-order chi connectivity index (χ0) is 25.1. The van der Waals surface area contributed by atoms with Crippen LogP contribution in [0.2, 0.25) is 0 Å². The largest absolute Gasteiger partial charge is 0.478 e. The van der Waals surface area contributed by atoms with Crippen molar-refractivity contribution in [2.24, 2.45) is 0 Å². The highest BCUT2D eigenvalue weighted by Gasteiger charge is 2.16. The number of hydrogen-bond donors (Lipinski definition) is 2. The van der Waals surface area contributed by atoms with Crippen molar-refractivity contribution in [3.63, 3.8) is 0 Å². The number of hydrogen-bond acceptors (Lipinski definition) is 2. The van der Waals surface area contributed by atoms with Gasteiger partial charge < -0.3 is 19.3 Å². The van der Waals surface area contributed by atoms with Crippen LogP contribution in [0.15, 0.2) is 72.8 Å². The molecule has 6 aromatic rings. The lowest BCUT2D eigenvalue weighted by molar-refractivity contribution is 0.0686. The molecule has 6 nitrogen and oxygen atoms in total. The van der Waals surface area contributed by atoms with Crippen molar-refractivity contribution in [3.8, 4) is 11.1 Å². The summed E-state index contributed by atoms with van der Waals surface area (Å²) in [4.78, 5) is 23.2. The Hall–Kier alpha value is -4.58. The van der Waals surface area contributed by atoms with Crippen molar-refractivity contribution in [1.82, 2.24) is 9.13 Å². The highest BCUT2D eigenvalue weighted by Crippen LogP contribution is 2.36. The molecular formula is C30H24N2O4. The number of aryl methyl sites for hydroxylation is 2. The first-order valence-electron chi connectivity index (χ1n) is 12.0. The Bertz CT molecular complexity index is 1740. The Labute approximate surface area is 206 Å². The number of benzene rings is 4. The third-order valence-electron chi connectivity index (χ3n) is 7.19. The van der Waals surface area contributed by atoms with Gasteiger partial charge in [0, 0.05) is 56.7 Å². The van der Waals surface area contributed by atoms with Gasteiger partial charge in [0.25, 0.3) is 0 Å². The van der Waals surface area contributed by atoms with E-state index in [1.807, 2.05) is 12.1 Å². The van der Waals surface area contributed by atoms with Gasteiger partial charge in [-0.3, -0.25) is 0 Å². The Morgan fingerprint density at radius 3 is 1.22 bits per heavy atom. The van der Waals surface area contributed by atoms with Crippen LogP contribution in [0.25, 0.3) is 54.7 Å². The zero-order valence-corrected chi connectivity index (χ0v) is 19.9. The molecule has 0 aliphatic carbocycles. The van der Waals surface area contributed by atoms with E-state index < -0.39 is 11.9 Å². The Balaban J connectivity index is 1.60. The van der Waals surface area contributed by atoms with Crippen molar-refractivity contribution in [3.05, 3.63) is 83.9 Å². The van der Waals surface area contributed by atoms with E-state index in [0.717, 1.165) is 67.8 Å². The molecule has 0 radical (unpaired) electrons. The monoisotopic (exact) mass is 476 g/mol. The molecule has 2 N–H and O–H groups in total. The molecule has 0 saturated heterocycles. The van der Waals surface area contributed by atoms with Crippen molar-refractivity contribution >= 4 is 55.6 Å². The maximum atomic E-state index is 11.6. The number of fused-ring (bicyclic) bond motifs is 6. The Kier molecular flexibility index (Phi) is 4.86. The summed E-state index contributed by atoms with van der Waals surface area (Å²) in [5.41, 5.74) is 6.73. The van der Waals surface area contributed by atoms with Crippen LogP contribution in [0, 0.1) is 0 Å². The molecule has 2 aromatic heterocycles. The molecule has 0 aliphatic rings. The van der Waals surface area contributed by atoms with E-state index in [2.05, 4.69) is 59.4 Å². The molecule has 0 fully saturated rings. The molecule has 4 aromatic carbocycles. The predicted octanol–water partition coefficient (Wildman–Crippen LogP) is 7.01. The first-order valence-corrected chi connectivity index (χ1v) is 12.0. The maximum absolute atomic E-state index is 11.6. The lowest BCUT2D eigenvalue weighted by atomic mass is 10.00. The summed E-state index contributed by atoms with van der Waals surface area (Å²) in [6.45, 7) is 5.72. The lowest BCUT2D eigenvalue weighted by Gasteiger charge is -2.06. The van der Waals surface area contributed by atoms with E-state index in [9.17, 15) is 19.8 Å². The van der Waals surface area contributed by atoms with E-state index in [1.165, 1.54) is 0 Å². The molecular weight excluding hydrogens is 452 g/mol. The number of carboxylic acid groups (broad SMARTS) is 2. The summed E-state index contributed by atoms with van der Waals surface area (Å²) < 4.78 is 4.40. The average molecular weight is 477 g/mol. The van der Waals surface area contributed by atoms with Crippen LogP contribution in [-0.4, -0.2) is 31.3 Å². The topological polar surface area (TPSA) is 84.5 Å². The number of carboxylic acids is 2. The van der Waals surface area contributed by atoms with Crippen molar-refractivity contribution in [2.75, 3.05) is 0 Å². The van der Waals surface area contributed by atoms with Gasteiger partial charge in [-0.05, 0) is 85.6 Å². The fraction of sp³-hybridized carbons (Fsp3) is 0.133. The quantitative estimate of drug-likeness (QED) is 0.280. The number of rotatable bonds is 5. The van der Waals surface area contributed by atoms with Gasteiger partial charge in [0.2, 0.25) is 0 Å². The van der Waals surface area contributed by atoms with E-state index in [1.54, 1.807) is 24.3 Å². The van der Waals surface area contributed by atoms with Gasteiger partial charge in [-0.15, -0.1) is 0 Å². The Morgan fingerprint density at radius 1 is 0.556 bits per heavy atom. The highest BCUT2D eigenvalue weighted by molar-refractivity contribution is 6.13. The smallest absolute Gasteiger partial charge is 0.335 e. The number of aromatic carboxylic acids is 2. The summed E-state index contributed by atoms with van der Waals surface area (Å²) in [5, 5.41) is 22.9. The zero-order valence-electron chi connectivity index (χ0n) is 19.9. The van der Waals surface area contributed by atoms with Gasteiger partial charge in [-0.25, -0.2) is 9.59 Å². The van der Waals surface area contributed by atoms with Crippen LogP contribution in [0.3, 0.4) is 0 Å². The molecule has 0 aliphatic heterocycles. The molecule has 178 valence electrons. The fourth-order valence-electron chi connectivity index (χ4n) is 5.51. The van der Waals surface area contributed by atoms with Crippen LogP contribution < -0.4 is 0 Å². The molecule has 0 unspecified atom stereocenters. The second kappa shape index (κ2) is 7.99. The SMILES string of the molecule is CCn1c2ccc(C(=O)O)cc2c2cc(-c3ccc4c(c3)c3cc(C(=O)O)ccc3n4CC)ccc21. The summed E-state index contributed by atoms with van der Waals surface area (Å²) in [6, 6.07) is 23.2. The molecule has 2 heterocycles. The highest BCUT2D eigenvalue weighted by atomic mass is 16.4. The summed E-state index contributed by atoms with van der Waals surface area (Å²) in [5.74, 6) is -1.88. The second-order valence-corrected chi connectivity index (χ2v) is 9.03. The Morgan fingerprint density at radius 2 is 0.889 bits per heavy atom. The molecule has 0 bridgehead atoms. The minimum absolute atomic E-state index is 0.270. The molecule has 6 heteroatoms. The predicted molar refractivity (Wildman–Crippen MR) is 143 cm³/mol. The van der Waals surface area contributed by atoms with Gasteiger partial charge in [0.1, 0.15) is 0 Å². The standard InChI is InChI=1S/C30H24N2O4/c1-3-31-25-9-5-17(13-21(25)23-15-19(29(33)34)7-11-27(23)31)18-6-10-26-22(14-18)24-16-20(30(35)36)8-12-28(24)32(26)4-2/h5-16H,3-4H2,1-2H3,(H,33,34)(H,35,36). The maximum Gasteiger partial charge on any atom is 0.335 e. The number of aromatic nitrogens is 2. The van der Waals surface area contributed by atoms with Gasteiger partial charge >= 0.3 is 11.9 Å². The van der Waals surface area contributed by atoms with Crippen LogP contribution in [0.5, 0.6) is 0 Å². The molecule has 36 heavy (non-hydrogen) atoms. The number of carbonyl (C=O) groups is 2. The first kappa shape index (κ1) is 21.9. The summed E-state index contributed by atoms with van der Waals surface area (Å²) in [7, 11) is 0. The summed E-state index contributed by atoms with van der Waals surface area (Å²) in [6.07, 6.45) is 0. The number of nitrogens with zero attached hydrogens (tertiary/aromatic N) is 2. The third-order valence-corrected chi connectivity index (χ3v) is 7.19. The molecule has 0 spiro atoms. The van der Waals surface area contributed by atoms with Gasteiger partial charge in [-0.1, -0.05) is 12.1 Å². The van der Waals surface area contributed by atoms with Crippen LogP contribution >= 0.6 is 0 Å². The average Bonchev–Trinajstić information content (AvgIpc) is 3.38. The van der Waals surface area contributed by atoms with Crippen LogP contribution in [0.4, 0.5) is 0 Å².